The number of rotatable bonds is 4. The van der Waals surface area contributed by atoms with Gasteiger partial charge < -0.3 is 11.1 Å². The van der Waals surface area contributed by atoms with Crippen molar-refractivity contribution in [2.75, 3.05) is 5.32 Å². The number of hydrogen-bond acceptors (Lipinski definition) is 2. The molecule has 0 saturated heterocycles. The molecule has 0 spiro atoms. The van der Waals surface area contributed by atoms with Crippen LogP contribution >= 0.6 is 24.6 Å². The third kappa shape index (κ3) is 5.45. The SMILES string of the molecule is CCC(=S)Nc1cccc(CC(C)N)c1.Cl. The first-order chi connectivity index (χ1) is 7.11. The summed E-state index contributed by atoms with van der Waals surface area (Å²) in [5.41, 5.74) is 8.06. The normalized spacial score (nSPS) is 11.4. The van der Waals surface area contributed by atoms with E-state index in [4.69, 9.17) is 18.0 Å². The van der Waals surface area contributed by atoms with Crippen LogP contribution < -0.4 is 11.1 Å². The first-order valence-corrected chi connectivity index (χ1v) is 5.67. The molecule has 1 aromatic carbocycles. The molecule has 16 heavy (non-hydrogen) atoms. The van der Waals surface area contributed by atoms with Crippen LogP contribution in [0.25, 0.3) is 0 Å². The quantitative estimate of drug-likeness (QED) is 0.815. The second kappa shape index (κ2) is 7.60. The van der Waals surface area contributed by atoms with Gasteiger partial charge in [0.05, 0.1) is 4.99 Å². The Kier molecular flexibility index (Phi) is 7.30. The highest BCUT2D eigenvalue weighted by molar-refractivity contribution is 7.80. The molecule has 1 unspecified atom stereocenters. The lowest BCUT2D eigenvalue weighted by Crippen LogP contribution is -2.17. The molecule has 1 aromatic rings. The molecule has 90 valence electrons. The lowest BCUT2D eigenvalue weighted by atomic mass is 10.1. The fourth-order valence-corrected chi connectivity index (χ4v) is 1.52. The van der Waals surface area contributed by atoms with Gasteiger partial charge in [-0.2, -0.15) is 0 Å². The summed E-state index contributed by atoms with van der Waals surface area (Å²) >= 11 is 5.13. The van der Waals surface area contributed by atoms with E-state index in [1.165, 1.54) is 5.56 Å². The van der Waals surface area contributed by atoms with Gasteiger partial charge in [-0.05, 0) is 37.5 Å². The molecule has 0 fully saturated rings. The van der Waals surface area contributed by atoms with Gasteiger partial charge in [0, 0.05) is 11.7 Å². The van der Waals surface area contributed by atoms with Crippen molar-refractivity contribution in [2.45, 2.75) is 32.7 Å². The molecule has 1 atom stereocenters. The fourth-order valence-electron chi connectivity index (χ4n) is 1.40. The van der Waals surface area contributed by atoms with E-state index in [9.17, 15) is 0 Å². The van der Waals surface area contributed by atoms with Gasteiger partial charge in [0.2, 0.25) is 0 Å². The molecular formula is C12H19ClN2S. The van der Waals surface area contributed by atoms with Gasteiger partial charge in [-0.15, -0.1) is 12.4 Å². The largest absolute Gasteiger partial charge is 0.350 e. The molecule has 0 amide bonds. The van der Waals surface area contributed by atoms with Crippen LogP contribution in [0.3, 0.4) is 0 Å². The average Bonchev–Trinajstić information content (AvgIpc) is 2.17. The predicted molar refractivity (Wildman–Crippen MR) is 77.6 cm³/mol. The molecule has 0 aliphatic heterocycles. The van der Waals surface area contributed by atoms with E-state index in [0.717, 1.165) is 23.5 Å². The molecule has 0 bridgehead atoms. The lowest BCUT2D eigenvalue weighted by Gasteiger charge is -2.09. The molecule has 0 aliphatic rings. The van der Waals surface area contributed by atoms with E-state index in [2.05, 4.69) is 17.4 Å². The van der Waals surface area contributed by atoms with Crippen molar-refractivity contribution in [2.24, 2.45) is 5.73 Å². The van der Waals surface area contributed by atoms with Crippen molar-refractivity contribution >= 4 is 35.3 Å². The van der Waals surface area contributed by atoms with Gasteiger partial charge in [-0.25, -0.2) is 0 Å². The summed E-state index contributed by atoms with van der Waals surface area (Å²) in [5, 5.41) is 3.20. The summed E-state index contributed by atoms with van der Waals surface area (Å²) in [6.07, 6.45) is 1.77. The van der Waals surface area contributed by atoms with Crippen molar-refractivity contribution < 1.29 is 0 Å². The minimum Gasteiger partial charge on any atom is -0.350 e. The van der Waals surface area contributed by atoms with Crippen molar-refractivity contribution in [3.8, 4) is 0 Å². The zero-order chi connectivity index (χ0) is 11.3. The van der Waals surface area contributed by atoms with E-state index < -0.39 is 0 Å². The van der Waals surface area contributed by atoms with Gasteiger partial charge in [-0.3, -0.25) is 0 Å². The highest BCUT2D eigenvalue weighted by Crippen LogP contribution is 2.12. The average molecular weight is 259 g/mol. The molecule has 3 N–H and O–H groups in total. The summed E-state index contributed by atoms with van der Waals surface area (Å²) in [5.74, 6) is 0. The van der Waals surface area contributed by atoms with Crippen molar-refractivity contribution in [3.63, 3.8) is 0 Å². The maximum atomic E-state index is 5.76. The summed E-state index contributed by atoms with van der Waals surface area (Å²) in [6, 6.07) is 8.43. The first-order valence-electron chi connectivity index (χ1n) is 5.26. The number of nitrogens with two attached hydrogens (primary N) is 1. The second-order valence-corrected chi connectivity index (χ2v) is 4.28. The molecule has 0 heterocycles. The molecule has 0 aliphatic carbocycles. The molecule has 2 nitrogen and oxygen atoms in total. The van der Waals surface area contributed by atoms with Gasteiger partial charge in [0.15, 0.2) is 0 Å². The van der Waals surface area contributed by atoms with Crippen LogP contribution in [0.5, 0.6) is 0 Å². The van der Waals surface area contributed by atoms with E-state index in [-0.39, 0.29) is 18.4 Å². The van der Waals surface area contributed by atoms with E-state index in [1.807, 2.05) is 26.0 Å². The number of benzene rings is 1. The van der Waals surface area contributed by atoms with E-state index >= 15 is 0 Å². The number of nitrogens with one attached hydrogen (secondary N) is 1. The molecule has 0 saturated carbocycles. The van der Waals surface area contributed by atoms with Crippen LogP contribution in [-0.4, -0.2) is 11.0 Å². The Morgan fingerprint density at radius 2 is 2.19 bits per heavy atom. The Balaban J connectivity index is 0.00000225. The van der Waals surface area contributed by atoms with E-state index in [0.29, 0.717) is 0 Å². The smallest absolute Gasteiger partial charge is 0.0794 e. The molecule has 1 rings (SSSR count). The van der Waals surface area contributed by atoms with Gasteiger partial charge in [0.25, 0.3) is 0 Å². The number of anilines is 1. The van der Waals surface area contributed by atoms with Crippen LogP contribution in [-0.2, 0) is 6.42 Å². The summed E-state index contributed by atoms with van der Waals surface area (Å²) < 4.78 is 0. The highest BCUT2D eigenvalue weighted by atomic mass is 35.5. The summed E-state index contributed by atoms with van der Waals surface area (Å²) in [6.45, 7) is 4.05. The Labute approximate surface area is 109 Å². The van der Waals surface area contributed by atoms with Crippen molar-refractivity contribution in [1.82, 2.24) is 0 Å². The Morgan fingerprint density at radius 1 is 1.50 bits per heavy atom. The van der Waals surface area contributed by atoms with Crippen LogP contribution in [0, 0.1) is 0 Å². The number of hydrogen-bond donors (Lipinski definition) is 2. The number of halogens is 1. The zero-order valence-corrected chi connectivity index (χ0v) is 11.3. The maximum absolute atomic E-state index is 5.76. The Bertz CT molecular complexity index is 340. The van der Waals surface area contributed by atoms with Gasteiger partial charge in [-0.1, -0.05) is 31.3 Å². The van der Waals surface area contributed by atoms with Crippen LogP contribution in [0.4, 0.5) is 5.69 Å². The minimum atomic E-state index is 0. The molecule has 0 aromatic heterocycles. The van der Waals surface area contributed by atoms with Gasteiger partial charge >= 0.3 is 0 Å². The summed E-state index contributed by atoms with van der Waals surface area (Å²) in [7, 11) is 0. The molecule has 4 heteroatoms. The number of thiocarbonyl (C=S) groups is 1. The molecular weight excluding hydrogens is 240 g/mol. The van der Waals surface area contributed by atoms with E-state index in [1.54, 1.807) is 0 Å². The Hall–Kier alpha value is -0.640. The second-order valence-electron chi connectivity index (χ2n) is 3.78. The van der Waals surface area contributed by atoms with Gasteiger partial charge in [0.1, 0.15) is 0 Å². The van der Waals surface area contributed by atoms with Crippen molar-refractivity contribution in [3.05, 3.63) is 29.8 Å². The Morgan fingerprint density at radius 3 is 2.75 bits per heavy atom. The topological polar surface area (TPSA) is 38.0 Å². The maximum Gasteiger partial charge on any atom is 0.0794 e. The van der Waals surface area contributed by atoms with Crippen LogP contribution in [0.1, 0.15) is 25.8 Å². The first kappa shape index (κ1) is 15.4. The standard InChI is InChI=1S/C12H18N2S.ClH/c1-3-12(15)14-11-6-4-5-10(8-11)7-9(2)13;/h4-6,8-9H,3,7,13H2,1-2H3,(H,14,15);1H. The lowest BCUT2D eigenvalue weighted by molar-refractivity contribution is 0.738. The van der Waals surface area contributed by atoms with Crippen LogP contribution in [0.15, 0.2) is 24.3 Å². The zero-order valence-electron chi connectivity index (χ0n) is 9.69. The monoisotopic (exact) mass is 258 g/mol. The highest BCUT2D eigenvalue weighted by Gasteiger charge is 2.00. The predicted octanol–water partition coefficient (Wildman–Crippen LogP) is 3.15. The minimum absolute atomic E-state index is 0. The van der Waals surface area contributed by atoms with Crippen LogP contribution in [0.2, 0.25) is 0 Å². The molecule has 0 radical (unpaired) electrons. The third-order valence-corrected chi connectivity index (χ3v) is 2.48. The summed E-state index contributed by atoms with van der Waals surface area (Å²) in [4.78, 5) is 0.868. The van der Waals surface area contributed by atoms with Crippen molar-refractivity contribution in [1.29, 1.82) is 0 Å². The third-order valence-electron chi connectivity index (χ3n) is 2.09. The fraction of sp³-hybridized carbons (Fsp3) is 0.417.